The van der Waals surface area contributed by atoms with Gasteiger partial charge in [0.15, 0.2) is 0 Å². The van der Waals surface area contributed by atoms with Crippen LogP contribution in [0.15, 0.2) is 24.5 Å². The highest BCUT2D eigenvalue weighted by molar-refractivity contribution is 5.09. The summed E-state index contributed by atoms with van der Waals surface area (Å²) in [7, 11) is 0. The Kier molecular flexibility index (Phi) is 3.34. The minimum atomic E-state index is 0.600. The maximum Gasteiger partial charge on any atom is 0.0271 e. The van der Waals surface area contributed by atoms with Crippen LogP contribution in [-0.4, -0.2) is 35.1 Å². The van der Waals surface area contributed by atoms with Crippen LogP contribution in [0.25, 0.3) is 0 Å². The smallest absolute Gasteiger partial charge is 0.0271 e. The van der Waals surface area contributed by atoms with E-state index >= 15 is 0 Å². The lowest BCUT2D eigenvalue weighted by molar-refractivity contribution is 0.139. The predicted octanol–water partition coefficient (Wildman–Crippen LogP) is 1.26. The fourth-order valence-corrected chi connectivity index (χ4v) is 2.04. The topological polar surface area (TPSA) is 28.2 Å². The molecule has 1 aromatic heterocycles. The molecule has 1 aromatic rings. The van der Waals surface area contributed by atoms with E-state index in [9.17, 15) is 0 Å². The molecule has 0 radical (unpaired) electrons. The number of piperazine rings is 1. The lowest BCUT2D eigenvalue weighted by Gasteiger charge is -2.37. The van der Waals surface area contributed by atoms with Gasteiger partial charge in [-0.25, -0.2) is 0 Å². The third-order valence-corrected chi connectivity index (χ3v) is 3.03. The molecule has 0 aromatic carbocycles. The molecule has 0 amide bonds. The first-order valence-electron chi connectivity index (χ1n) is 5.62. The van der Waals surface area contributed by atoms with Gasteiger partial charge in [-0.05, 0) is 31.5 Å². The van der Waals surface area contributed by atoms with Gasteiger partial charge in [0.25, 0.3) is 0 Å². The van der Waals surface area contributed by atoms with Crippen molar-refractivity contribution in [1.82, 2.24) is 15.2 Å². The first-order valence-corrected chi connectivity index (χ1v) is 5.62. The van der Waals surface area contributed by atoms with E-state index < -0.39 is 0 Å². The summed E-state index contributed by atoms with van der Waals surface area (Å²) in [6.45, 7) is 7.77. The highest BCUT2D eigenvalue weighted by Gasteiger charge is 2.21. The Bertz CT molecular complexity index is 299. The maximum absolute atomic E-state index is 4.04. The van der Waals surface area contributed by atoms with Gasteiger partial charge in [0.05, 0.1) is 0 Å². The Morgan fingerprint density at radius 2 is 2.13 bits per heavy atom. The fourth-order valence-electron chi connectivity index (χ4n) is 2.04. The van der Waals surface area contributed by atoms with E-state index in [1.165, 1.54) is 5.56 Å². The molecule has 2 rings (SSSR count). The average molecular weight is 205 g/mol. The molecule has 2 heterocycles. The van der Waals surface area contributed by atoms with E-state index in [1.807, 2.05) is 12.4 Å². The van der Waals surface area contributed by atoms with E-state index in [0.29, 0.717) is 12.1 Å². The highest BCUT2D eigenvalue weighted by atomic mass is 15.2. The number of nitrogens with zero attached hydrogens (tertiary/aromatic N) is 2. The van der Waals surface area contributed by atoms with Gasteiger partial charge in [-0.2, -0.15) is 0 Å². The molecule has 1 aliphatic heterocycles. The second-order valence-electron chi connectivity index (χ2n) is 4.44. The van der Waals surface area contributed by atoms with Crippen LogP contribution in [0.5, 0.6) is 0 Å². The molecule has 0 aliphatic carbocycles. The van der Waals surface area contributed by atoms with Crippen molar-refractivity contribution in [2.45, 2.75) is 32.5 Å². The monoisotopic (exact) mass is 205 g/mol. The quantitative estimate of drug-likeness (QED) is 0.788. The van der Waals surface area contributed by atoms with Crippen molar-refractivity contribution in [2.75, 3.05) is 13.1 Å². The zero-order valence-corrected chi connectivity index (χ0v) is 9.48. The van der Waals surface area contributed by atoms with Crippen LogP contribution in [-0.2, 0) is 6.54 Å². The fraction of sp³-hybridized carbons (Fsp3) is 0.583. The van der Waals surface area contributed by atoms with Crippen molar-refractivity contribution < 1.29 is 0 Å². The van der Waals surface area contributed by atoms with Crippen LogP contribution in [0.4, 0.5) is 0 Å². The average Bonchev–Trinajstić information content (AvgIpc) is 2.25. The van der Waals surface area contributed by atoms with E-state index in [1.54, 1.807) is 0 Å². The number of rotatable bonds is 2. The molecule has 3 heteroatoms. The molecule has 15 heavy (non-hydrogen) atoms. The Hall–Kier alpha value is -0.930. The maximum atomic E-state index is 4.04. The second-order valence-corrected chi connectivity index (χ2v) is 4.44. The van der Waals surface area contributed by atoms with Crippen molar-refractivity contribution in [3.63, 3.8) is 0 Å². The lowest BCUT2D eigenvalue weighted by Crippen LogP contribution is -2.53. The van der Waals surface area contributed by atoms with Crippen LogP contribution in [0.2, 0.25) is 0 Å². The molecule has 2 unspecified atom stereocenters. The van der Waals surface area contributed by atoms with Gasteiger partial charge in [-0.15, -0.1) is 0 Å². The van der Waals surface area contributed by atoms with Gasteiger partial charge in [-0.1, -0.05) is 0 Å². The molecule has 3 nitrogen and oxygen atoms in total. The Morgan fingerprint density at radius 1 is 1.40 bits per heavy atom. The van der Waals surface area contributed by atoms with E-state index in [-0.39, 0.29) is 0 Å². The summed E-state index contributed by atoms with van der Waals surface area (Å²) in [6.07, 6.45) is 3.73. The first-order chi connectivity index (χ1) is 7.25. The van der Waals surface area contributed by atoms with Crippen LogP contribution in [0.1, 0.15) is 19.4 Å². The molecule has 0 spiro atoms. The second kappa shape index (κ2) is 4.73. The normalized spacial score (nSPS) is 27.9. The van der Waals surface area contributed by atoms with E-state index in [2.05, 4.69) is 41.2 Å². The molecule has 82 valence electrons. The number of nitrogens with one attached hydrogen (secondary N) is 1. The molecule has 0 bridgehead atoms. The summed E-state index contributed by atoms with van der Waals surface area (Å²) < 4.78 is 0. The van der Waals surface area contributed by atoms with Crippen molar-refractivity contribution in [3.05, 3.63) is 30.1 Å². The van der Waals surface area contributed by atoms with Crippen molar-refractivity contribution >= 4 is 0 Å². The van der Waals surface area contributed by atoms with Gasteiger partial charge in [0, 0.05) is 44.1 Å². The number of hydrogen-bond donors (Lipinski definition) is 1. The van der Waals surface area contributed by atoms with E-state index in [4.69, 9.17) is 0 Å². The number of aromatic nitrogens is 1. The summed E-state index contributed by atoms with van der Waals surface area (Å²) in [5.74, 6) is 0. The molecule has 1 saturated heterocycles. The van der Waals surface area contributed by atoms with Gasteiger partial charge < -0.3 is 5.32 Å². The molecule has 1 aliphatic rings. The van der Waals surface area contributed by atoms with Crippen LogP contribution >= 0.6 is 0 Å². The van der Waals surface area contributed by atoms with Crippen LogP contribution in [0, 0.1) is 0 Å². The van der Waals surface area contributed by atoms with Gasteiger partial charge in [-0.3, -0.25) is 9.88 Å². The minimum absolute atomic E-state index is 0.600. The molecule has 2 atom stereocenters. The van der Waals surface area contributed by atoms with Gasteiger partial charge >= 0.3 is 0 Å². The Morgan fingerprint density at radius 3 is 2.87 bits per heavy atom. The van der Waals surface area contributed by atoms with Crippen LogP contribution in [0.3, 0.4) is 0 Å². The number of pyridine rings is 1. The Balaban J connectivity index is 1.98. The van der Waals surface area contributed by atoms with Crippen molar-refractivity contribution in [3.8, 4) is 0 Å². The third kappa shape index (κ3) is 2.76. The summed E-state index contributed by atoms with van der Waals surface area (Å²) in [4.78, 5) is 6.57. The standard InChI is InChI=1S/C12H19N3/c1-10-8-15(11(2)7-14-10)9-12-3-5-13-6-4-12/h3-6,10-11,14H,7-9H2,1-2H3. The summed E-state index contributed by atoms with van der Waals surface area (Å²) in [5.41, 5.74) is 1.35. The predicted molar refractivity (Wildman–Crippen MR) is 61.6 cm³/mol. The molecule has 1 fully saturated rings. The largest absolute Gasteiger partial charge is 0.311 e. The molecule has 0 saturated carbocycles. The zero-order valence-electron chi connectivity index (χ0n) is 9.48. The van der Waals surface area contributed by atoms with Gasteiger partial charge in [0.1, 0.15) is 0 Å². The van der Waals surface area contributed by atoms with Crippen LogP contribution < -0.4 is 5.32 Å². The third-order valence-electron chi connectivity index (χ3n) is 3.03. The zero-order chi connectivity index (χ0) is 10.7. The van der Waals surface area contributed by atoms with Crippen molar-refractivity contribution in [2.24, 2.45) is 0 Å². The number of hydrogen-bond acceptors (Lipinski definition) is 3. The summed E-state index contributed by atoms with van der Waals surface area (Å²) >= 11 is 0. The Labute approximate surface area is 91.5 Å². The van der Waals surface area contributed by atoms with E-state index in [0.717, 1.165) is 19.6 Å². The molecule has 1 N–H and O–H groups in total. The summed E-state index contributed by atoms with van der Waals surface area (Å²) in [5, 5.41) is 3.49. The molecular weight excluding hydrogens is 186 g/mol. The van der Waals surface area contributed by atoms with Gasteiger partial charge in [0.2, 0.25) is 0 Å². The lowest BCUT2D eigenvalue weighted by atomic mass is 10.1. The SMILES string of the molecule is CC1CN(Cc2ccncc2)C(C)CN1. The highest BCUT2D eigenvalue weighted by Crippen LogP contribution is 2.11. The minimum Gasteiger partial charge on any atom is -0.311 e. The molecular formula is C12H19N3. The first kappa shape index (κ1) is 10.6. The summed E-state index contributed by atoms with van der Waals surface area (Å²) in [6, 6.07) is 5.41. The van der Waals surface area contributed by atoms with Crippen molar-refractivity contribution in [1.29, 1.82) is 0 Å².